The van der Waals surface area contributed by atoms with Crippen LogP contribution in [0.25, 0.3) is 0 Å². The summed E-state index contributed by atoms with van der Waals surface area (Å²) in [5.41, 5.74) is 0.510. The van der Waals surface area contributed by atoms with Crippen LogP contribution in [-0.4, -0.2) is 76.8 Å². The molecule has 0 bridgehead atoms. The molecule has 1 heterocycles. The maximum absolute atomic E-state index is 12.2. The molecule has 0 spiro atoms. The molecule has 0 amide bonds. The van der Waals surface area contributed by atoms with E-state index in [0.29, 0.717) is 30.2 Å². The van der Waals surface area contributed by atoms with E-state index in [4.69, 9.17) is 9.47 Å². The van der Waals surface area contributed by atoms with E-state index in [1.54, 1.807) is 18.2 Å². The number of aliphatic hydroxyl groups excluding tert-OH is 1. The monoisotopic (exact) mass is 372 g/mol. The van der Waals surface area contributed by atoms with Gasteiger partial charge in [-0.25, -0.2) is 8.42 Å². The summed E-state index contributed by atoms with van der Waals surface area (Å²) in [4.78, 5) is 12.2. The van der Waals surface area contributed by atoms with E-state index in [2.05, 4.69) is 10.6 Å². The van der Waals surface area contributed by atoms with E-state index in [0.717, 1.165) is 0 Å². The molecule has 1 fully saturated rings. The number of ether oxygens (including phenoxy) is 2. The number of benzene rings is 1. The van der Waals surface area contributed by atoms with Crippen molar-refractivity contribution in [2.24, 2.45) is 0 Å². The lowest BCUT2D eigenvalue weighted by molar-refractivity contribution is 0.0990. The van der Waals surface area contributed by atoms with Crippen LogP contribution in [0, 0.1) is 0 Å². The van der Waals surface area contributed by atoms with Crippen LogP contribution >= 0.6 is 0 Å². The summed E-state index contributed by atoms with van der Waals surface area (Å²) in [6.45, 7) is 1.07. The Labute approximate surface area is 147 Å². The Morgan fingerprint density at radius 2 is 1.92 bits per heavy atom. The highest BCUT2D eigenvalue weighted by Gasteiger charge is 2.35. The van der Waals surface area contributed by atoms with Crippen LogP contribution in [0.2, 0.25) is 0 Å². The number of Topliss-reactive ketones (excluding diaryl/α,β-unsaturated/α-hetero) is 1. The van der Waals surface area contributed by atoms with Gasteiger partial charge in [0, 0.05) is 24.7 Å². The largest absolute Gasteiger partial charge is 0.493 e. The molecular formula is C16H24N2O6S. The maximum Gasteiger partial charge on any atom is 0.176 e. The fraction of sp³-hybridized carbons (Fsp3) is 0.562. The zero-order chi connectivity index (χ0) is 18.4. The minimum atomic E-state index is -3.16. The lowest BCUT2D eigenvalue weighted by Gasteiger charge is -2.15. The predicted molar refractivity (Wildman–Crippen MR) is 93.2 cm³/mol. The molecule has 2 atom stereocenters. The van der Waals surface area contributed by atoms with Crippen molar-refractivity contribution in [2.45, 2.75) is 12.1 Å². The number of hydrogen-bond donors (Lipinski definition) is 3. The Morgan fingerprint density at radius 3 is 2.52 bits per heavy atom. The van der Waals surface area contributed by atoms with Crippen molar-refractivity contribution in [1.29, 1.82) is 0 Å². The Kier molecular flexibility index (Phi) is 6.77. The molecule has 0 unspecified atom stereocenters. The fourth-order valence-corrected chi connectivity index (χ4v) is 4.46. The molecule has 0 radical (unpaired) electrons. The minimum absolute atomic E-state index is 0.0568. The number of carbonyl (C=O) groups is 1. The lowest BCUT2D eigenvalue weighted by atomic mass is 10.1. The molecule has 0 saturated carbocycles. The van der Waals surface area contributed by atoms with Gasteiger partial charge in [0.15, 0.2) is 27.1 Å². The van der Waals surface area contributed by atoms with Crippen molar-refractivity contribution in [3.63, 3.8) is 0 Å². The number of methoxy groups -OCH3 is 2. The third-order valence-corrected chi connectivity index (χ3v) is 5.74. The van der Waals surface area contributed by atoms with Gasteiger partial charge < -0.3 is 25.2 Å². The highest BCUT2D eigenvalue weighted by Crippen LogP contribution is 2.27. The summed E-state index contributed by atoms with van der Waals surface area (Å²) in [6.07, 6.45) is -0.876. The van der Waals surface area contributed by atoms with Gasteiger partial charge in [-0.1, -0.05) is 0 Å². The number of nitrogens with one attached hydrogen (secondary N) is 2. The Morgan fingerprint density at radius 1 is 1.20 bits per heavy atom. The number of aliphatic hydroxyl groups is 1. The smallest absolute Gasteiger partial charge is 0.176 e. The molecule has 140 valence electrons. The molecule has 0 aromatic heterocycles. The minimum Gasteiger partial charge on any atom is -0.493 e. The predicted octanol–water partition coefficient (Wildman–Crippen LogP) is -0.776. The van der Waals surface area contributed by atoms with Crippen LogP contribution in [0.1, 0.15) is 10.4 Å². The molecule has 1 aromatic rings. The Bertz CT molecular complexity index is 707. The molecule has 2 rings (SSSR count). The van der Waals surface area contributed by atoms with Gasteiger partial charge in [0.25, 0.3) is 0 Å². The standard InChI is InChI=1S/C16H24N2O6S/c1-23-15-4-3-11(7-16(15)24-2)13(19)8-17-5-6-18-12-9-25(21,22)10-14(12)20/h3-4,7,12,14,17-18,20H,5-6,8-10H2,1-2H3/t12-,14+/m0/s1. The fourth-order valence-electron chi connectivity index (χ4n) is 2.68. The quantitative estimate of drug-likeness (QED) is 0.382. The van der Waals surface area contributed by atoms with Gasteiger partial charge in [0.05, 0.1) is 38.4 Å². The van der Waals surface area contributed by atoms with Crippen molar-refractivity contribution >= 4 is 15.6 Å². The molecule has 1 aliphatic heterocycles. The first-order valence-corrected chi connectivity index (χ1v) is 9.76. The van der Waals surface area contributed by atoms with Crippen molar-refractivity contribution in [1.82, 2.24) is 10.6 Å². The Hall–Kier alpha value is -1.68. The zero-order valence-corrected chi connectivity index (χ0v) is 15.1. The number of rotatable bonds is 9. The van der Waals surface area contributed by atoms with Gasteiger partial charge in [-0.3, -0.25) is 4.79 Å². The first kappa shape index (κ1) is 19.6. The van der Waals surface area contributed by atoms with Gasteiger partial charge >= 0.3 is 0 Å². The lowest BCUT2D eigenvalue weighted by Crippen LogP contribution is -2.42. The van der Waals surface area contributed by atoms with Gasteiger partial charge in [0.2, 0.25) is 0 Å². The summed E-state index contributed by atoms with van der Waals surface area (Å²) < 4.78 is 33.1. The summed E-state index contributed by atoms with van der Waals surface area (Å²) in [6, 6.07) is 4.52. The molecule has 9 heteroatoms. The molecule has 8 nitrogen and oxygen atoms in total. The van der Waals surface area contributed by atoms with Crippen molar-refractivity contribution in [3.8, 4) is 11.5 Å². The molecule has 1 aliphatic rings. The topological polar surface area (TPSA) is 114 Å². The van der Waals surface area contributed by atoms with Crippen LogP contribution in [0.15, 0.2) is 18.2 Å². The van der Waals surface area contributed by atoms with E-state index >= 15 is 0 Å². The molecule has 3 N–H and O–H groups in total. The highest BCUT2D eigenvalue weighted by molar-refractivity contribution is 7.91. The first-order chi connectivity index (χ1) is 11.9. The summed E-state index contributed by atoms with van der Waals surface area (Å²) in [5, 5.41) is 15.7. The third kappa shape index (κ3) is 5.40. The number of carbonyl (C=O) groups excluding carboxylic acids is 1. The van der Waals surface area contributed by atoms with Crippen LogP contribution in [-0.2, 0) is 9.84 Å². The second-order valence-electron chi connectivity index (χ2n) is 5.87. The normalized spacial score (nSPS) is 21.9. The average Bonchev–Trinajstić information content (AvgIpc) is 2.85. The second kappa shape index (κ2) is 8.61. The van der Waals surface area contributed by atoms with E-state index in [9.17, 15) is 18.3 Å². The molecule has 1 aromatic carbocycles. The van der Waals surface area contributed by atoms with Crippen LogP contribution in [0.4, 0.5) is 0 Å². The van der Waals surface area contributed by atoms with Crippen LogP contribution < -0.4 is 20.1 Å². The van der Waals surface area contributed by atoms with Gasteiger partial charge in [0.1, 0.15) is 0 Å². The molecule has 0 aliphatic carbocycles. The van der Waals surface area contributed by atoms with Gasteiger partial charge in [-0.2, -0.15) is 0 Å². The van der Waals surface area contributed by atoms with E-state index in [1.807, 2.05) is 0 Å². The second-order valence-corrected chi connectivity index (χ2v) is 8.03. The average molecular weight is 372 g/mol. The number of hydrogen-bond acceptors (Lipinski definition) is 8. The van der Waals surface area contributed by atoms with Crippen LogP contribution in [0.5, 0.6) is 11.5 Å². The van der Waals surface area contributed by atoms with E-state index in [-0.39, 0.29) is 23.8 Å². The van der Waals surface area contributed by atoms with E-state index in [1.165, 1.54) is 14.2 Å². The van der Waals surface area contributed by atoms with E-state index < -0.39 is 22.0 Å². The van der Waals surface area contributed by atoms with Crippen molar-refractivity contribution in [2.75, 3.05) is 45.4 Å². The third-order valence-electron chi connectivity index (χ3n) is 4.02. The van der Waals surface area contributed by atoms with Gasteiger partial charge in [-0.15, -0.1) is 0 Å². The molecule has 25 heavy (non-hydrogen) atoms. The van der Waals surface area contributed by atoms with Crippen molar-refractivity contribution < 1.29 is 27.8 Å². The highest BCUT2D eigenvalue weighted by atomic mass is 32.2. The molecular weight excluding hydrogens is 348 g/mol. The Balaban J connectivity index is 1.74. The van der Waals surface area contributed by atoms with Crippen LogP contribution in [0.3, 0.4) is 0 Å². The molecule has 1 saturated heterocycles. The maximum atomic E-state index is 12.2. The van der Waals surface area contributed by atoms with Gasteiger partial charge in [-0.05, 0) is 18.2 Å². The summed E-state index contributed by atoms with van der Waals surface area (Å²) >= 11 is 0. The zero-order valence-electron chi connectivity index (χ0n) is 14.3. The summed E-state index contributed by atoms with van der Waals surface area (Å²) in [7, 11) is -0.123. The first-order valence-electron chi connectivity index (χ1n) is 7.94. The number of ketones is 1. The number of sulfone groups is 1. The van der Waals surface area contributed by atoms with Crippen molar-refractivity contribution in [3.05, 3.63) is 23.8 Å². The summed E-state index contributed by atoms with van der Waals surface area (Å²) in [5.74, 6) is 0.700. The SMILES string of the molecule is COc1ccc(C(=O)CNCCN[C@H]2CS(=O)(=O)C[C@H]2O)cc1OC.